The van der Waals surface area contributed by atoms with Crippen molar-refractivity contribution in [3.8, 4) is 0 Å². The van der Waals surface area contributed by atoms with Crippen LogP contribution in [0.3, 0.4) is 0 Å². The van der Waals surface area contributed by atoms with Gasteiger partial charge in [-0.1, -0.05) is 0 Å². The van der Waals surface area contributed by atoms with Crippen molar-refractivity contribution in [2.24, 2.45) is 5.14 Å². The van der Waals surface area contributed by atoms with Gasteiger partial charge < -0.3 is 14.8 Å². The summed E-state index contributed by atoms with van der Waals surface area (Å²) in [4.78, 5) is 24.1. The fourth-order valence-electron chi connectivity index (χ4n) is 2.82. The molecule has 0 aromatic heterocycles. The van der Waals surface area contributed by atoms with Crippen LogP contribution in [0.5, 0.6) is 0 Å². The molecule has 1 aliphatic rings. The van der Waals surface area contributed by atoms with Crippen LogP contribution in [0, 0.1) is 10.1 Å². The Labute approximate surface area is 169 Å². The van der Waals surface area contributed by atoms with Crippen molar-refractivity contribution in [3.63, 3.8) is 0 Å². The summed E-state index contributed by atoms with van der Waals surface area (Å²) >= 11 is 0. The summed E-state index contributed by atoms with van der Waals surface area (Å²) in [5, 5.41) is 19.2. The number of morpholine rings is 1. The number of hydrogen-bond donors (Lipinski definition) is 2. The van der Waals surface area contributed by atoms with Crippen LogP contribution in [0.4, 0.5) is 11.4 Å². The molecule has 1 atom stereocenters. The van der Waals surface area contributed by atoms with E-state index in [-0.39, 0.29) is 35.7 Å². The minimum Gasteiger partial charge on any atom is -0.459 e. The zero-order chi connectivity index (χ0) is 21.8. The van der Waals surface area contributed by atoms with Crippen LogP contribution in [0.15, 0.2) is 23.1 Å². The molecule has 0 radical (unpaired) electrons. The molecule has 0 aliphatic carbocycles. The minimum absolute atomic E-state index is 0.125. The maximum atomic E-state index is 12.0. The highest BCUT2D eigenvalue weighted by Crippen LogP contribution is 2.27. The van der Waals surface area contributed by atoms with Crippen LogP contribution in [-0.2, 0) is 24.3 Å². The number of nitrogens with one attached hydrogen (secondary N) is 1. The Morgan fingerprint density at radius 2 is 2.14 bits per heavy atom. The summed E-state index contributed by atoms with van der Waals surface area (Å²) in [5.74, 6) is -0.333. The standard InChI is InChI=1S/C17H26N4O7S/c1-17(2,3)28-16(22)11-20-6-7-27-12(10-20)9-19-14-5-4-13(29(18,25)26)8-15(14)21(23)24/h4-5,8,12,19H,6-7,9-11H2,1-3H3,(H2,18,25,26)/t12-/m1/s1. The Hall–Kier alpha value is -2.28. The second-order valence-corrected chi connectivity index (χ2v) is 9.24. The highest BCUT2D eigenvalue weighted by molar-refractivity contribution is 7.89. The summed E-state index contributed by atoms with van der Waals surface area (Å²) in [7, 11) is -4.05. The first kappa shape index (κ1) is 23.0. The molecule has 1 aromatic rings. The summed E-state index contributed by atoms with van der Waals surface area (Å²) in [6, 6.07) is 3.40. The lowest BCUT2D eigenvalue weighted by Crippen LogP contribution is -2.47. The van der Waals surface area contributed by atoms with E-state index in [1.807, 2.05) is 4.90 Å². The number of benzene rings is 1. The quantitative estimate of drug-likeness (QED) is 0.361. The number of nitrogens with two attached hydrogens (primary N) is 1. The molecule has 1 fully saturated rings. The molecule has 29 heavy (non-hydrogen) atoms. The number of sulfonamides is 1. The second-order valence-electron chi connectivity index (χ2n) is 7.68. The number of nitro benzene ring substituents is 1. The van der Waals surface area contributed by atoms with Crippen molar-refractivity contribution < 1.29 is 27.6 Å². The largest absolute Gasteiger partial charge is 0.459 e. The zero-order valence-electron chi connectivity index (χ0n) is 16.6. The van der Waals surface area contributed by atoms with Crippen LogP contribution in [0.25, 0.3) is 0 Å². The summed E-state index contributed by atoms with van der Waals surface area (Å²) in [6.07, 6.45) is -0.316. The Bertz CT molecular complexity index is 867. The number of esters is 1. The number of carbonyl (C=O) groups is 1. The van der Waals surface area contributed by atoms with E-state index in [0.717, 1.165) is 6.07 Å². The molecule has 11 nitrogen and oxygen atoms in total. The molecule has 3 N–H and O–H groups in total. The van der Waals surface area contributed by atoms with E-state index in [1.165, 1.54) is 12.1 Å². The topological polar surface area (TPSA) is 154 Å². The average Bonchev–Trinajstić information content (AvgIpc) is 2.57. The second kappa shape index (κ2) is 9.03. The molecule has 1 aliphatic heterocycles. The highest BCUT2D eigenvalue weighted by atomic mass is 32.2. The van der Waals surface area contributed by atoms with E-state index >= 15 is 0 Å². The van der Waals surface area contributed by atoms with E-state index in [0.29, 0.717) is 19.7 Å². The number of anilines is 1. The lowest BCUT2D eigenvalue weighted by molar-refractivity contribution is -0.384. The summed E-state index contributed by atoms with van der Waals surface area (Å²) in [6.45, 7) is 7.16. The van der Waals surface area contributed by atoms with Gasteiger partial charge in [0.2, 0.25) is 10.0 Å². The Balaban J connectivity index is 1.99. The third-order valence-electron chi connectivity index (χ3n) is 4.01. The molecule has 2 rings (SSSR count). The highest BCUT2D eigenvalue weighted by Gasteiger charge is 2.26. The first-order valence-electron chi connectivity index (χ1n) is 8.96. The monoisotopic (exact) mass is 430 g/mol. The molecule has 1 heterocycles. The molecule has 0 saturated carbocycles. The van der Waals surface area contributed by atoms with Crippen LogP contribution < -0.4 is 10.5 Å². The number of nitro groups is 1. The fraction of sp³-hybridized carbons (Fsp3) is 0.588. The van der Waals surface area contributed by atoms with E-state index in [1.54, 1.807) is 20.8 Å². The third kappa shape index (κ3) is 7.24. The Morgan fingerprint density at radius 3 is 2.72 bits per heavy atom. The molecule has 12 heteroatoms. The van der Waals surface area contributed by atoms with Crippen molar-refractivity contribution in [2.45, 2.75) is 37.4 Å². The predicted octanol–water partition coefficient (Wildman–Crippen LogP) is 0.697. The Morgan fingerprint density at radius 1 is 1.45 bits per heavy atom. The van der Waals surface area contributed by atoms with E-state index in [2.05, 4.69) is 5.32 Å². The lowest BCUT2D eigenvalue weighted by atomic mass is 10.2. The Kier molecular flexibility index (Phi) is 7.16. The van der Waals surface area contributed by atoms with Crippen LogP contribution >= 0.6 is 0 Å². The first-order chi connectivity index (χ1) is 13.3. The summed E-state index contributed by atoms with van der Waals surface area (Å²) in [5.41, 5.74) is -0.819. The molecular weight excluding hydrogens is 404 g/mol. The molecular formula is C17H26N4O7S. The minimum atomic E-state index is -4.05. The molecule has 1 saturated heterocycles. The van der Waals surface area contributed by atoms with Gasteiger partial charge in [0.05, 0.1) is 29.1 Å². The van der Waals surface area contributed by atoms with Gasteiger partial charge in [-0.15, -0.1) is 0 Å². The SMILES string of the molecule is CC(C)(C)OC(=O)CN1CCO[C@H](CNc2ccc(S(N)(=O)=O)cc2[N+](=O)[O-])C1. The lowest BCUT2D eigenvalue weighted by Gasteiger charge is -2.33. The average molecular weight is 430 g/mol. The zero-order valence-corrected chi connectivity index (χ0v) is 17.4. The number of hydrogen-bond acceptors (Lipinski definition) is 9. The van der Waals surface area contributed by atoms with Gasteiger partial charge >= 0.3 is 5.97 Å². The molecule has 0 unspecified atom stereocenters. The molecule has 0 spiro atoms. The third-order valence-corrected chi connectivity index (χ3v) is 4.92. The number of primary sulfonamides is 1. The van der Waals surface area contributed by atoms with Crippen LogP contribution in [0.2, 0.25) is 0 Å². The van der Waals surface area contributed by atoms with Crippen molar-refractivity contribution in [1.82, 2.24) is 4.90 Å². The summed E-state index contributed by atoms with van der Waals surface area (Å²) < 4.78 is 33.8. The number of carbonyl (C=O) groups excluding carboxylic acids is 1. The molecule has 0 bridgehead atoms. The maximum absolute atomic E-state index is 12.0. The van der Waals surface area contributed by atoms with Crippen molar-refractivity contribution >= 4 is 27.4 Å². The number of rotatable bonds is 7. The van der Waals surface area contributed by atoms with Gasteiger partial charge in [-0.05, 0) is 32.9 Å². The first-order valence-corrected chi connectivity index (χ1v) is 10.5. The van der Waals surface area contributed by atoms with Crippen molar-refractivity contribution in [2.75, 3.05) is 38.1 Å². The van der Waals surface area contributed by atoms with Gasteiger partial charge in [0.15, 0.2) is 0 Å². The van der Waals surface area contributed by atoms with Gasteiger partial charge in [-0.3, -0.25) is 19.8 Å². The normalized spacial score (nSPS) is 18.3. The predicted molar refractivity (Wildman–Crippen MR) is 105 cm³/mol. The van der Waals surface area contributed by atoms with Gasteiger partial charge in [0.25, 0.3) is 5.69 Å². The van der Waals surface area contributed by atoms with Crippen molar-refractivity contribution in [1.29, 1.82) is 0 Å². The van der Waals surface area contributed by atoms with E-state index in [4.69, 9.17) is 14.6 Å². The molecule has 0 amide bonds. The number of ether oxygens (including phenoxy) is 2. The fourth-order valence-corrected chi connectivity index (χ4v) is 3.35. The van der Waals surface area contributed by atoms with Crippen LogP contribution in [-0.4, -0.2) is 68.7 Å². The van der Waals surface area contributed by atoms with Crippen molar-refractivity contribution in [3.05, 3.63) is 28.3 Å². The molecule has 162 valence electrons. The van der Waals surface area contributed by atoms with E-state index < -0.39 is 26.2 Å². The maximum Gasteiger partial charge on any atom is 0.320 e. The van der Waals surface area contributed by atoms with E-state index in [9.17, 15) is 23.3 Å². The number of nitrogens with zero attached hydrogens (tertiary/aromatic N) is 2. The van der Waals surface area contributed by atoms with Crippen LogP contribution in [0.1, 0.15) is 20.8 Å². The van der Waals surface area contributed by atoms with Gasteiger partial charge in [0, 0.05) is 25.7 Å². The smallest absolute Gasteiger partial charge is 0.320 e. The van der Waals surface area contributed by atoms with Gasteiger partial charge in [0.1, 0.15) is 11.3 Å². The van der Waals surface area contributed by atoms with Gasteiger partial charge in [-0.25, -0.2) is 13.6 Å². The molecule has 1 aromatic carbocycles. The van der Waals surface area contributed by atoms with Gasteiger partial charge in [-0.2, -0.15) is 0 Å².